The number of thiocarbonyl (C=S) groups is 1. The Morgan fingerprint density at radius 1 is 1.12 bits per heavy atom. The van der Waals surface area contributed by atoms with Crippen LogP contribution in [0.25, 0.3) is 6.08 Å². The number of aromatic carboxylic acids is 1. The molecule has 0 spiro atoms. The number of amides is 1. The number of hydrogen-bond donors (Lipinski definition) is 1. The SMILES string of the molecule is O=C(O)c1ccc(N2C(=O)C(=C/C(Cl)=C/c3ccccc3)SC2=S)cc1. The van der Waals surface area contributed by atoms with Gasteiger partial charge in [-0.25, -0.2) is 4.79 Å². The van der Waals surface area contributed by atoms with Gasteiger partial charge in [-0.1, -0.05) is 65.9 Å². The van der Waals surface area contributed by atoms with E-state index in [-0.39, 0.29) is 11.5 Å². The van der Waals surface area contributed by atoms with Crippen LogP contribution in [-0.4, -0.2) is 21.3 Å². The largest absolute Gasteiger partial charge is 0.478 e. The summed E-state index contributed by atoms with van der Waals surface area (Å²) >= 11 is 12.7. The van der Waals surface area contributed by atoms with Gasteiger partial charge in [-0.05, 0) is 42.0 Å². The van der Waals surface area contributed by atoms with E-state index in [2.05, 4.69) is 0 Å². The van der Waals surface area contributed by atoms with Gasteiger partial charge in [-0.2, -0.15) is 0 Å². The van der Waals surface area contributed by atoms with E-state index < -0.39 is 5.97 Å². The molecule has 1 amide bonds. The fraction of sp³-hybridized carbons (Fsp3) is 0. The third-order valence-electron chi connectivity index (χ3n) is 3.54. The Morgan fingerprint density at radius 2 is 1.77 bits per heavy atom. The molecular weight excluding hydrogens is 390 g/mol. The molecule has 3 rings (SSSR count). The lowest BCUT2D eigenvalue weighted by atomic mass is 10.2. The van der Waals surface area contributed by atoms with Crippen LogP contribution in [0.2, 0.25) is 0 Å². The summed E-state index contributed by atoms with van der Waals surface area (Å²) in [5, 5.41) is 9.38. The van der Waals surface area contributed by atoms with E-state index >= 15 is 0 Å². The van der Waals surface area contributed by atoms with Crippen molar-refractivity contribution in [3.05, 3.63) is 81.7 Å². The summed E-state index contributed by atoms with van der Waals surface area (Å²) in [6, 6.07) is 15.5. The third-order valence-corrected chi connectivity index (χ3v) is 5.06. The van der Waals surface area contributed by atoms with Crippen LogP contribution in [0.1, 0.15) is 15.9 Å². The third kappa shape index (κ3) is 4.04. The maximum absolute atomic E-state index is 12.7. The molecule has 0 unspecified atom stereocenters. The Bertz CT molecular complexity index is 937. The molecule has 0 aliphatic carbocycles. The molecule has 1 heterocycles. The summed E-state index contributed by atoms with van der Waals surface area (Å²) in [6.07, 6.45) is 3.34. The smallest absolute Gasteiger partial charge is 0.335 e. The average molecular weight is 402 g/mol. The zero-order valence-corrected chi connectivity index (χ0v) is 15.6. The van der Waals surface area contributed by atoms with Crippen molar-refractivity contribution in [2.75, 3.05) is 4.90 Å². The molecule has 0 atom stereocenters. The van der Waals surface area contributed by atoms with E-state index in [0.29, 0.717) is 19.9 Å². The van der Waals surface area contributed by atoms with Gasteiger partial charge in [0.05, 0.1) is 16.2 Å². The average Bonchev–Trinajstić information content (AvgIpc) is 2.89. The maximum atomic E-state index is 12.7. The van der Waals surface area contributed by atoms with E-state index in [0.717, 1.165) is 17.3 Å². The van der Waals surface area contributed by atoms with Crippen molar-refractivity contribution in [1.29, 1.82) is 0 Å². The number of benzene rings is 2. The van der Waals surface area contributed by atoms with Gasteiger partial charge in [0.15, 0.2) is 4.32 Å². The molecule has 0 bridgehead atoms. The second kappa shape index (κ2) is 7.86. The van der Waals surface area contributed by atoms with Crippen molar-refractivity contribution in [2.45, 2.75) is 0 Å². The molecule has 0 aromatic heterocycles. The van der Waals surface area contributed by atoms with Gasteiger partial charge in [0.2, 0.25) is 0 Å². The van der Waals surface area contributed by atoms with Crippen LogP contribution in [0, 0.1) is 0 Å². The number of carboxylic acid groups (broad SMARTS) is 1. The highest BCUT2D eigenvalue weighted by atomic mass is 35.5. The van der Waals surface area contributed by atoms with E-state index in [9.17, 15) is 9.59 Å². The highest BCUT2D eigenvalue weighted by Crippen LogP contribution is 2.36. The number of thioether (sulfide) groups is 1. The molecule has 1 aliphatic rings. The summed E-state index contributed by atoms with van der Waals surface area (Å²) in [5.41, 5.74) is 1.58. The molecule has 130 valence electrons. The summed E-state index contributed by atoms with van der Waals surface area (Å²) in [6.45, 7) is 0. The van der Waals surface area contributed by atoms with Gasteiger partial charge in [-0.3, -0.25) is 9.69 Å². The lowest BCUT2D eigenvalue weighted by Gasteiger charge is -2.14. The first-order valence-corrected chi connectivity index (χ1v) is 9.09. The first-order valence-electron chi connectivity index (χ1n) is 7.49. The minimum Gasteiger partial charge on any atom is -0.478 e. The Kier molecular flexibility index (Phi) is 5.56. The number of rotatable bonds is 4. The standard InChI is InChI=1S/C19H12ClNO3S2/c20-14(10-12-4-2-1-3-5-12)11-16-17(22)21(19(25)26-16)15-8-6-13(7-9-15)18(23)24/h1-11H,(H,23,24)/b14-10-,16-11?. The van der Waals surface area contributed by atoms with Crippen LogP contribution in [0.15, 0.2) is 70.6 Å². The molecule has 0 radical (unpaired) electrons. The zero-order chi connectivity index (χ0) is 18.7. The van der Waals surface area contributed by atoms with Gasteiger partial charge in [-0.15, -0.1) is 0 Å². The fourth-order valence-corrected chi connectivity index (χ4v) is 3.91. The number of nitrogens with zero attached hydrogens (tertiary/aromatic N) is 1. The monoisotopic (exact) mass is 401 g/mol. The summed E-state index contributed by atoms with van der Waals surface area (Å²) in [4.78, 5) is 25.4. The number of carboxylic acids is 1. The van der Waals surface area contributed by atoms with Crippen molar-refractivity contribution in [1.82, 2.24) is 0 Å². The molecule has 7 heteroatoms. The second-order valence-electron chi connectivity index (χ2n) is 5.31. The quantitative estimate of drug-likeness (QED) is 0.582. The maximum Gasteiger partial charge on any atom is 0.335 e. The number of carbonyl (C=O) groups is 2. The van der Waals surface area contributed by atoms with Crippen molar-refractivity contribution in [3.8, 4) is 0 Å². The van der Waals surface area contributed by atoms with Crippen LogP contribution in [0.3, 0.4) is 0 Å². The molecule has 1 aliphatic heterocycles. The van der Waals surface area contributed by atoms with E-state index in [1.165, 1.54) is 17.0 Å². The summed E-state index contributed by atoms with van der Waals surface area (Å²) in [5.74, 6) is -1.32. The molecule has 2 aromatic carbocycles. The number of halogens is 1. The molecular formula is C19H12ClNO3S2. The van der Waals surface area contributed by atoms with Crippen LogP contribution in [0.4, 0.5) is 5.69 Å². The number of carbonyl (C=O) groups excluding carboxylic acids is 1. The molecule has 26 heavy (non-hydrogen) atoms. The van der Waals surface area contributed by atoms with Gasteiger partial charge in [0, 0.05) is 5.03 Å². The molecule has 1 N–H and O–H groups in total. The number of anilines is 1. The van der Waals surface area contributed by atoms with Crippen LogP contribution in [0.5, 0.6) is 0 Å². The van der Waals surface area contributed by atoms with E-state index in [1.807, 2.05) is 30.3 Å². The lowest BCUT2D eigenvalue weighted by Crippen LogP contribution is -2.27. The second-order valence-corrected chi connectivity index (χ2v) is 7.42. The van der Waals surface area contributed by atoms with Crippen molar-refractivity contribution in [3.63, 3.8) is 0 Å². The fourth-order valence-electron chi connectivity index (χ4n) is 2.32. The van der Waals surface area contributed by atoms with Crippen LogP contribution >= 0.6 is 35.6 Å². The molecule has 1 saturated heterocycles. The summed E-state index contributed by atoms with van der Waals surface area (Å²) < 4.78 is 0.369. The first kappa shape index (κ1) is 18.4. The van der Waals surface area contributed by atoms with E-state index in [1.54, 1.807) is 24.3 Å². The normalized spacial score (nSPS) is 16.4. The minimum atomic E-state index is -1.03. The Balaban J connectivity index is 1.84. The lowest BCUT2D eigenvalue weighted by molar-refractivity contribution is -0.113. The van der Waals surface area contributed by atoms with Crippen molar-refractivity contribution in [2.24, 2.45) is 0 Å². The molecule has 2 aromatic rings. The Morgan fingerprint density at radius 3 is 2.38 bits per heavy atom. The summed E-state index contributed by atoms with van der Waals surface area (Å²) in [7, 11) is 0. The molecule has 0 saturated carbocycles. The highest BCUT2D eigenvalue weighted by molar-refractivity contribution is 8.27. The number of hydrogen-bond acceptors (Lipinski definition) is 4. The van der Waals surface area contributed by atoms with Gasteiger partial charge >= 0.3 is 5.97 Å². The zero-order valence-electron chi connectivity index (χ0n) is 13.3. The van der Waals surface area contributed by atoms with Crippen LogP contribution in [-0.2, 0) is 4.79 Å². The Hall–Kier alpha value is -2.41. The predicted octanol–water partition coefficient (Wildman–Crippen LogP) is 4.91. The van der Waals surface area contributed by atoms with Gasteiger partial charge in [0.25, 0.3) is 5.91 Å². The van der Waals surface area contributed by atoms with Gasteiger partial charge in [0.1, 0.15) is 0 Å². The topological polar surface area (TPSA) is 57.6 Å². The van der Waals surface area contributed by atoms with Crippen molar-refractivity contribution >= 4 is 63.5 Å². The molecule has 1 fully saturated rings. The first-order chi connectivity index (χ1) is 12.5. The number of allylic oxidation sites excluding steroid dienone is 2. The predicted molar refractivity (Wildman–Crippen MR) is 109 cm³/mol. The molecule has 4 nitrogen and oxygen atoms in total. The minimum absolute atomic E-state index is 0.142. The van der Waals surface area contributed by atoms with E-state index in [4.69, 9.17) is 28.9 Å². The Labute approximate surface area is 164 Å². The van der Waals surface area contributed by atoms with Crippen LogP contribution < -0.4 is 4.90 Å². The van der Waals surface area contributed by atoms with Gasteiger partial charge < -0.3 is 5.11 Å². The highest BCUT2D eigenvalue weighted by Gasteiger charge is 2.33. The van der Waals surface area contributed by atoms with Crippen molar-refractivity contribution < 1.29 is 14.7 Å².